The van der Waals surface area contributed by atoms with Crippen molar-refractivity contribution >= 4 is 10.9 Å². The quantitative estimate of drug-likeness (QED) is 0.686. The molecule has 0 radical (unpaired) electrons. The molecule has 0 aliphatic heterocycles. The highest BCUT2D eigenvalue weighted by molar-refractivity contribution is 5.83. The molecule has 2 heterocycles. The number of fused-ring (bicyclic) bond motifs is 1. The van der Waals surface area contributed by atoms with E-state index in [4.69, 9.17) is 0 Å². The SMILES string of the molecule is O=c1ccc2cc(-c3ccncn3)ccc2[nH]1. The molecule has 4 nitrogen and oxygen atoms in total. The van der Waals surface area contributed by atoms with E-state index < -0.39 is 0 Å². The van der Waals surface area contributed by atoms with Gasteiger partial charge in [0.1, 0.15) is 6.33 Å². The van der Waals surface area contributed by atoms with E-state index in [1.165, 1.54) is 12.4 Å². The average Bonchev–Trinajstić information content (AvgIpc) is 2.39. The summed E-state index contributed by atoms with van der Waals surface area (Å²) >= 11 is 0. The van der Waals surface area contributed by atoms with Crippen LogP contribution >= 0.6 is 0 Å². The third kappa shape index (κ3) is 1.80. The zero-order chi connectivity index (χ0) is 11.7. The van der Waals surface area contributed by atoms with Crippen molar-refractivity contribution in [3.05, 3.63) is 59.3 Å². The van der Waals surface area contributed by atoms with E-state index in [1.54, 1.807) is 12.3 Å². The first-order valence-corrected chi connectivity index (χ1v) is 5.22. The van der Waals surface area contributed by atoms with Crippen LogP contribution in [0.2, 0.25) is 0 Å². The maximum Gasteiger partial charge on any atom is 0.248 e. The van der Waals surface area contributed by atoms with Crippen molar-refractivity contribution in [1.29, 1.82) is 0 Å². The van der Waals surface area contributed by atoms with Gasteiger partial charge in [-0.25, -0.2) is 9.97 Å². The normalized spacial score (nSPS) is 10.6. The highest BCUT2D eigenvalue weighted by Gasteiger charge is 2.00. The van der Waals surface area contributed by atoms with Gasteiger partial charge in [-0.05, 0) is 29.7 Å². The van der Waals surface area contributed by atoms with E-state index in [0.29, 0.717) is 0 Å². The lowest BCUT2D eigenvalue weighted by Crippen LogP contribution is -2.02. The highest BCUT2D eigenvalue weighted by atomic mass is 16.1. The van der Waals surface area contributed by atoms with Crippen molar-refractivity contribution in [2.75, 3.05) is 0 Å². The van der Waals surface area contributed by atoms with Crippen LogP contribution in [0.1, 0.15) is 0 Å². The molecular formula is C13H9N3O. The Morgan fingerprint density at radius 1 is 1.06 bits per heavy atom. The summed E-state index contributed by atoms with van der Waals surface area (Å²) < 4.78 is 0. The largest absolute Gasteiger partial charge is 0.322 e. The van der Waals surface area contributed by atoms with Crippen LogP contribution in [0.25, 0.3) is 22.2 Å². The van der Waals surface area contributed by atoms with E-state index in [2.05, 4.69) is 15.0 Å². The Morgan fingerprint density at radius 3 is 2.82 bits per heavy atom. The van der Waals surface area contributed by atoms with Gasteiger partial charge >= 0.3 is 0 Å². The van der Waals surface area contributed by atoms with Gasteiger partial charge < -0.3 is 4.98 Å². The number of hydrogen-bond donors (Lipinski definition) is 1. The number of aromatic amines is 1. The number of benzene rings is 1. The van der Waals surface area contributed by atoms with E-state index in [-0.39, 0.29) is 5.56 Å². The molecule has 0 spiro atoms. The van der Waals surface area contributed by atoms with Crippen molar-refractivity contribution in [2.24, 2.45) is 0 Å². The van der Waals surface area contributed by atoms with Gasteiger partial charge in [0.2, 0.25) is 5.56 Å². The molecule has 0 aliphatic carbocycles. The second kappa shape index (κ2) is 3.83. The summed E-state index contributed by atoms with van der Waals surface area (Å²) in [7, 11) is 0. The van der Waals surface area contributed by atoms with Crippen molar-refractivity contribution in [2.45, 2.75) is 0 Å². The van der Waals surface area contributed by atoms with Crippen LogP contribution in [0, 0.1) is 0 Å². The van der Waals surface area contributed by atoms with Crippen LogP contribution in [0.15, 0.2) is 53.7 Å². The summed E-state index contributed by atoms with van der Waals surface area (Å²) in [5.74, 6) is 0. The van der Waals surface area contributed by atoms with Gasteiger partial charge in [0.15, 0.2) is 0 Å². The molecule has 3 rings (SSSR count). The standard InChI is InChI=1S/C13H9N3O/c17-13-4-2-10-7-9(1-3-12(10)16-13)11-5-6-14-8-15-11/h1-8H,(H,16,17). The molecule has 1 N–H and O–H groups in total. The Kier molecular flexibility index (Phi) is 2.19. The molecule has 0 fully saturated rings. The van der Waals surface area contributed by atoms with Gasteiger partial charge in [-0.15, -0.1) is 0 Å². The number of rotatable bonds is 1. The molecule has 17 heavy (non-hydrogen) atoms. The average molecular weight is 223 g/mol. The van der Waals surface area contributed by atoms with E-state index in [9.17, 15) is 4.79 Å². The smallest absolute Gasteiger partial charge is 0.248 e. The van der Waals surface area contributed by atoms with Crippen LogP contribution in [-0.2, 0) is 0 Å². The Balaban J connectivity index is 2.21. The van der Waals surface area contributed by atoms with Crippen molar-refractivity contribution < 1.29 is 0 Å². The summed E-state index contributed by atoms with van der Waals surface area (Å²) in [4.78, 5) is 22.0. The zero-order valence-corrected chi connectivity index (χ0v) is 8.92. The predicted molar refractivity (Wildman–Crippen MR) is 65.6 cm³/mol. The summed E-state index contributed by atoms with van der Waals surface area (Å²) in [6.45, 7) is 0. The number of aromatic nitrogens is 3. The first kappa shape index (κ1) is 9.72. The third-order valence-corrected chi connectivity index (χ3v) is 2.60. The first-order chi connectivity index (χ1) is 8.33. The van der Waals surface area contributed by atoms with Gasteiger partial charge in [0.25, 0.3) is 0 Å². The maximum atomic E-state index is 11.2. The molecule has 0 saturated heterocycles. The fourth-order valence-electron chi connectivity index (χ4n) is 1.78. The molecule has 0 bridgehead atoms. The molecule has 82 valence electrons. The minimum atomic E-state index is -0.0905. The Hall–Kier alpha value is -2.49. The van der Waals surface area contributed by atoms with Crippen molar-refractivity contribution in [3.63, 3.8) is 0 Å². The van der Waals surface area contributed by atoms with Gasteiger partial charge in [-0.2, -0.15) is 0 Å². The number of H-pyrrole nitrogens is 1. The summed E-state index contributed by atoms with van der Waals surface area (Å²) in [5, 5.41) is 0.987. The first-order valence-electron chi connectivity index (χ1n) is 5.22. The Morgan fingerprint density at radius 2 is 2.00 bits per heavy atom. The molecule has 0 amide bonds. The van der Waals surface area contributed by atoms with Gasteiger partial charge in [0.05, 0.1) is 5.69 Å². The molecular weight excluding hydrogens is 214 g/mol. The zero-order valence-electron chi connectivity index (χ0n) is 8.92. The molecule has 0 atom stereocenters. The highest BCUT2D eigenvalue weighted by Crippen LogP contribution is 2.20. The molecule has 3 aromatic rings. The molecule has 0 unspecified atom stereocenters. The molecule has 4 heteroatoms. The number of nitrogens with zero attached hydrogens (tertiary/aromatic N) is 2. The lowest BCUT2D eigenvalue weighted by molar-refractivity contribution is 1.17. The topological polar surface area (TPSA) is 58.6 Å². The fourth-order valence-corrected chi connectivity index (χ4v) is 1.78. The van der Waals surface area contributed by atoms with Crippen LogP contribution < -0.4 is 5.56 Å². The number of pyridine rings is 1. The minimum absolute atomic E-state index is 0.0905. The molecule has 2 aromatic heterocycles. The predicted octanol–water partition coefficient (Wildman–Crippen LogP) is 1.99. The van der Waals surface area contributed by atoms with E-state index in [0.717, 1.165) is 22.2 Å². The third-order valence-electron chi connectivity index (χ3n) is 2.60. The van der Waals surface area contributed by atoms with Crippen LogP contribution in [0.4, 0.5) is 0 Å². The van der Waals surface area contributed by atoms with Crippen LogP contribution in [-0.4, -0.2) is 15.0 Å². The number of nitrogens with one attached hydrogen (secondary N) is 1. The summed E-state index contributed by atoms with van der Waals surface area (Å²) in [6, 6.07) is 11.0. The van der Waals surface area contributed by atoms with E-state index in [1.807, 2.05) is 24.3 Å². The Bertz CT molecular complexity index is 719. The van der Waals surface area contributed by atoms with E-state index >= 15 is 0 Å². The molecule has 1 aromatic carbocycles. The van der Waals surface area contributed by atoms with Gasteiger partial charge in [0, 0.05) is 23.3 Å². The lowest BCUT2D eigenvalue weighted by atomic mass is 10.1. The van der Waals surface area contributed by atoms with Gasteiger partial charge in [-0.3, -0.25) is 4.79 Å². The Labute approximate surface area is 97.0 Å². The second-order valence-corrected chi connectivity index (χ2v) is 3.72. The minimum Gasteiger partial charge on any atom is -0.322 e. The van der Waals surface area contributed by atoms with Gasteiger partial charge in [-0.1, -0.05) is 6.07 Å². The maximum absolute atomic E-state index is 11.2. The second-order valence-electron chi connectivity index (χ2n) is 3.72. The van der Waals surface area contributed by atoms with Crippen molar-refractivity contribution in [1.82, 2.24) is 15.0 Å². The lowest BCUT2D eigenvalue weighted by Gasteiger charge is -2.02. The van der Waals surface area contributed by atoms with Crippen molar-refractivity contribution in [3.8, 4) is 11.3 Å². The summed E-state index contributed by atoms with van der Waals surface area (Å²) in [6.07, 6.45) is 3.23. The number of hydrogen-bond acceptors (Lipinski definition) is 3. The van der Waals surface area contributed by atoms with Crippen LogP contribution in [0.3, 0.4) is 0 Å². The summed E-state index contributed by atoms with van der Waals surface area (Å²) in [5.41, 5.74) is 2.61. The fraction of sp³-hybridized carbons (Fsp3) is 0. The molecule has 0 saturated carbocycles. The monoisotopic (exact) mass is 223 g/mol. The molecule has 0 aliphatic rings. The van der Waals surface area contributed by atoms with Crippen LogP contribution in [0.5, 0.6) is 0 Å².